The molecule has 1 aromatic rings. The number of carbonyl (C=O) groups is 1. The zero-order valence-electron chi connectivity index (χ0n) is 13.0. The number of ether oxygens (including phenoxy) is 1. The van der Waals surface area contributed by atoms with E-state index in [1.807, 2.05) is 9.44 Å². The van der Waals surface area contributed by atoms with Gasteiger partial charge in [-0.2, -0.15) is 26.3 Å². The van der Waals surface area contributed by atoms with E-state index in [0.29, 0.717) is 0 Å². The summed E-state index contributed by atoms with van der Waals surface area (Å²) < 4.78 is 70.1. The van der Waals surface area contributed by atoms with E-state index in [9.17, 15) is 26.0 Å². The first-order valence-corrected chi connectivity index (χ1v) is 9.37. The Morgan fingerprint density at radius 1 is 1.17 bits per heavy atom. The van der Waals surface area contributed by atoms with Gasteiger partial charge in [-0.1, -0.05) is 0 Å². The van der Waals surface area contributed by atoms with Gasteiger partial charge in [0.25, 0.3) is 0 Å². The second-order valence-electron chi connectivity index (χ2n) is 4.13. The van der Waals surface area contributed by atoms with Gasteiger partial charge in [-0.15, -0.1) is 3.71 Å². The van der Waals surface area contributed by atoms with Crippen LogP contribution in [0.4, 0.5) is 20.6 Å². The minimum absolute atomic E-state index is 0.0236. The van der Waals surface area contributed by atoms with Crippen molar-refractivity contribution in [1.82, 2.24) is 9.44 Å². The van der Waals surface area contributed by atoms with Gasteiger partial charge in [0.2, 0.25) is 0 Å². The lowest BCUT2D eigenvalue weighted by Gasteiger charge is -2.23. The lowest BCUT2D eigenvalue weighted by atomic mass is 10.3. The molecule has 0 saturated carbocycles. The fourth-order valence-corrected chi connectivity index (χ4v) is 4.17. The van der Waals surface area contributed by atoms with Crippen molar-refractivity contribution in [2.24, 2.45) is 0 Å². The van der Waals surface area contributed by atoms with Crippen molar-refractivity contribution >= 4 is 37.9 Å². The third-order valence-corrected chi connectivity index (χ3v) is 6.13. The molecule has 0 radical (unpaired) electrons. The molecule has 0 fully saturated rings. The molecule has 0 heterocycles. The number of anilines is 2. The van der Waals surface area contributed by atoms with Crippen molar-refractivity contribution < 1.29 is 30.8 Å². The zero-order valence-corrected chi connectivity index (χ0v) is 14.7. The van der Waals surface area contributed by atoms with Crippen molar-refractivity contribution in [3.63, 3.8) is 0 Å². The average Bonchev–Trinajstić information content (AvgIpc) is 2.50. The molecule has 1 aromatic carbocycles. The molecule has 3 N–H and O–H groups in total. The molecule has 1 rings (SSSR count). The molecule has 10 nitrogen and oxygen atoms in total. The summed E-state index contributed by atoms with van der Waals surface area (Å²) >= 11 is 0. The number of nitrogens with one attached hydrogen (secondary N) is 3. The predicted octanol–water partition coefficient (Wildman–Crippen LogP) is 0.129. The Hall–Kier alpha value is -1.96. The van der Waals surface area contributed by atoms with Crippen molar-refractivity contribution in [3.05, 3.63) is 24.0 Å². The molecular formula is C11H17FN4O6S2. The first kappa shape index (κ1) is 20.1. The fourth-order valence-electron chi connectivity index (χ4n) is 1.57. The minimum atomic E-state index is -4.48. The van der Waals surface area contributed by atoms with Crippen LogP contribution in [0.5, 0.6) is 0 Å². The maximum absolute atomic E-state index is 13.8. The number of carbonyl (C=O) groups excluding carboxylic acids is 1. The molecule has 13 heteroatoms. The van der Waals surface area contributed by atoms with Crippen LogP contribution in [0.2, 0.25) is 0 Å². The Balaban J connectivity index is 3.43. The molecule has 1 amide bonds. The molecular weight excluding hydrogens is 367 g/mol. The lowest BCUT2D eigenvalue weighted by Crippen LogP contribution is -2.47. The van der Waals surface area contributed by atoms with Crippen LogP contribution in [0, 0.1) is 5.82 Å². The van der Waals surface area contributed by atoms with E-state index in [4.69, 9.17) is 0 Å². The number of halogens is 1. The molecule has 0 unspecified atom stereocenters. The number of nitrogens with zero attached hydrogens (tertiary/aromatic N) is 1. The molecule has 0 aromatic heterocycles. The highest BCUT2D eigenvalue weighted by atomic mass is 32.3. The monoisotopic (exact) mass is 384 g/mol. The largest absolute Gasteiger partial charge is 0.450 e. The maximum atomic E-state index is 13.8. The highest BCUT2D eigenvalue weighted by Gasteiger charge is 2.33. The quantitative estimate of drug-likeness (QED) is 0.612. The van der Waals surface area contributed by atoms with E-state index < -0.39 is 43.7 Å². The van der Waals surface area contributed by atoms with Crippen molar-refractivity contribution in [1.29, 1.82) is 0 Å². The van der Waals surface area contributed by atoms with Gasteiger partial charge in [-0.3, -0.25) is 5.32 Å². The van der Waals surface area contributed by atoms with Crippen LogP contribution >= 0.6 is 0 Å². The number of benzene rings is 1. The molecule has 0 saturated heterocycles. The van der Waals surface area contributed by atoms with E-state index in [2.05, 4.69) is 10.1 Å². The van der Waals surface area contributed by atoms with Crippen LogP contribution in [0.25, 0.3) is 0 Å². The Morgan fingerprint density at radius 3 is 2.17 bits per heavy atom. The molecule has 0 aliphatic heterocycles. The third-order valence-electron chi connectivity index (χ3n) is 2.63. The van der Waals surface area contributed by atoms with E-state index >= 15 is 0 Å². The summed E-state index contributed by atoms with van der Waals surface area (Å²) in [6.07, 6.45) is -0.979. The van der Waals surface area contributed by atoms with Crippen LogP contribution in [-0.2, 0) is 25.2 Å². The van der Waals surface area contributed by atoms with Gasteiger partial charge in [0, 0.05) is 14.1 Å². The lowest BCUT2D eigenvalue weighted by molar-refractivity contribution is 0.168. The predicted molar refractivity (Wildman–Crippen MR) is 85.5 cm³/mol. The Bertz CT molecular complexity index is 778. The summed E-state index contributed by atoms with van der Waals surface area (Å²) in [6.45, 7) is 1.56. The second kappa shape index (κ2) is 7.74. The van der Waals surface area contributed by atoms with E-state index in [0.717, 1.165) is 32.3 Å². The van der Waals surface area contributed by atoms with Gasteiger partial charge in [-0.25, -0.2) is 9.18 Å². The van der Waals surface area contributed by atoms with Gasteiger partial charge < -0.3 is 4.74 Å². The number of amides is 1. The molecule has 0 aliphatic rings. The van der Waals surface area contributed by atoms with Gasteiger partial charge in [-0.05, 0) is 25.1 Å². The molecule has 0 atom stereocenters. The van der Waals surface area contributed by atoms with Crippen molar-refractivity contribution in [3.8, 4) is 0 Å². The summed E-state index contributed by atoms with van der Waals surface area (Å²) in [7, 11) is -6.95. The van der Waals surface area contributed by atoms with Crippen molar-refractivity contribution in [2.75, 3.05) is 29.7 Å². The fraction of sp³-hybridized carbons (Fsp3) is 0.364. The van der Waals surface area contributed by atoms with Crippen molar-refractivity contribution in [2.45, 2.75) is 6.92 Å². The van der Waals surface area contributed by atoms with E-state index in [1.54, 1.807) is 0 Å². The Morgan fingerprint density at radius 2 is 1.71 bits per heavy atom. The molecule has 0 aliphatic carbocycles. The van der Waals surface area contributed by atoms with E-state index in [-0.39, 0.29) is 10.3 Å². The van der Waals surface area contributed by atoms with Crippen LogP contribution in [0.15, 0.2) is 18.2 Å². The summed E-state index contributed by atoms with van der Waals surface area (Å²) in [5.41, 5.74) is -0.875. The standard InChI is InChI=1S/C11H17FN4O6S2/c1-4-22-11(17)15-10-7-8(5-6-9(10)12)16(23(18,19)13-2)24(20,21)14-3/h5-7,13-14H,4H2,1-3H3,(H,15,17). The summed E-state index contributed by atoms with van der Waals surface area (Å²) in [4.78, 5) is 11.4. The van der Waals surface area contributed by atoms with Gasteiger partial charge in [0.05, 0.1) is 18.0 Å². The topological polar surface area (TPSA) is 134 Å². The Kier molecular flexibility index (Phi) is 6.48. The number of hydrogen-bond donors (Lipinski definition) is 3. The normalized spacial score (nSPS) is 11.8. The molecule has 0 bridgehead atoms. The summed E-state index contributed by atoms with van der Waals surface area (Å²) in [5.74, 6) is -0.907. The van der Waals surface area contributed by atoms with E-state index in [1.165, 1.54) is 6.92 Å². The van der Waals surface area contributed by atoms with Crippen LogP contribution in [0.1, 0.15) is 6.92 Å². The SMILES string of the molecule is CCOC(=O)Nc1cc(N(S(=O)(=O)NC)S(=O)(=O)NC)ccc1F. The van der Waals surface area contributed by atoms with Gasteiger partial charge in [0.1, 0.15) is 5.82 Å². The van der Waals surface area contributed by atoms with Crippen LogP contribution < -0.4 is 18.5 Å². The van der Waals surface area contributed by atoms with Crippen LogP contribution in [-0.4, -0.2) is 43.6 Å². The van der Waals surface area contributed by atoms with Gasteiger partial charge >= 0.3 is 26.5 Å². The zero-order chi connectivity index (χ0) is 18.5. The maximum Gasteiger partial charge on any atom is 0.411 e. The minimum Gasteiger partial charge on any atom is -0.450 e. The first-order chi connectivity index (χ1) is 11.1. The number of rotatable bonds is 7. The molecule has 24 heavy (non-hydrogen) atoms. The smallest absolute Gasteiger partial charge is 0.411 e. The average molecular weight is 384 g/mol. The second-order valence-corrected chi connectivity index (χ2v) is 7.80. The highest BCUT2D eigenvalue weighted by Crippen LogP contribution is 2.26. The first-order valence-electron chi connectivity index (χ1n) is 6.49. The highest BCUT2D eigenvalue weighted by molar-refractivity contribution is 8.08. The molecule has 136 valence electrons. The van der Waals surface area contributed by atoms with Gasteiger partial charge in [0.15, 0.2) is 0 Å². The Labute approximate surface area is 139 Å². The summed E-state index contributed by atoms with van der Waals surface area (Å²) in [6, 6.07) is 2.58. The summed E-state index contributed by atoms with van der Waals surface area (Å²) in [5, 5.41) is 2.05. The number of hydrogen-bond acceptors (Lipinski definition) is 6. The third kappa shape index (κ3) is 4.53. The molecule has 0 spiro atoms. The van der Waals surface area contributed by atoms with Crippen LogP contribution in [0.3, 0.4) is 0 Å².